The molecule has 6 nitrogen and oxygen atoms in total. The van der Waals surface area contributed by atoms with Crippen molar-refractivity contribution in [3.05, 3.63) is 57.8 Å². The van der Waals surface area contributed by atoms with Crippen molar-refractivity contribution in [1.29, 1.82) is 0 Å². The van der Waals surface area contributed by atoms with E-state index in [0.717, 1.165) is 31.1 Å². The van der Waals surface area contributed by atoms with E-state index in [-0.39, 0.29) is 18.0 Å². The number of rotatable bonds is 7. The normalized spacial score (nSPS) is 11.6. The topological polar surface area (TPSA) is 59.7 Å². The largest absolute Gasteiger partial charge is 0.497 e. The van der Waals surface area contributed by atoms with Gasteiger partial charge in [0.2, 0.25) is 0 Å². The number of hydrogen-bond acceptors (Lipinski definition) is 6. The van der Waals surface area contributed by atoms with E-state index in [2.05, 4.69) is 23.7 Å². The lowest BCUT2D eigenvalue weighted by molar-refractivity contribution is 0.288. The second kappa shape index (κ2) is 10.4. The average Bonchev–Trinajstić information content (AvgIpc) is 2.71. The van der Waals surface area contributed by atoms with E-state index in [9.17, 15) is 4.79 Å². The quantitative estimate of drug-likeness (QED) is 0.587. The van der Waals surface area contributed by atoms with Crippen LogP contribution in [0.3, 0.4) is 0 Å². The number of aromatic nitrogens is 2. The maximum absolute atomic E-state index is 13.1. The fraction of sp³-hybridized carbons (Fsp3) is 0.350. The number of pyridine rings is 1. The number of halogens is 1. The second-order valence-corrected chi connectivity index (χ2v) is 6.99. The third kappa shape index (κ3) is 4.98. The number of ether oxygens (including phenoxy) is 1. The number of nitrogens with zero attached hydrogens (tertiary/aromatic N) is 4. The second-order valence-electron chi connectivity index (χ2n) is 6.03. The molecular formula is C20H25ClN4O2S. The highest BCUT2D eigenvalue weighted by Crippen LogP contribution is 2.17. The molecule has 3 rings (SSSR count). The Bertz CT molecular complexity index is 1030. The summed E-state index contributed by atoms with van der Waals surface area (Å²) in [6.07, 6.45) is 1.70. The lowest BCUT2D eigenvalue weighted by atomic mass is 10.3. The van der Waals surface area contributed by atoms with Crippen LogP contribution in [0.25, 0.3) is 10.2 Å². The first-order chi connectivity index (χ1) is 13.2. The van der Waals surface area contributed by atoms with E-state index in [1.54, 1.807) is 23.9 Å². The summed E-state index contributed by atoms with van der Waals surface area (Å²) in [4.78, 5) is 25.8. The molecule has 0 amide bonds. The maximum Gasteiger partial charge on any atom is 0.263 e. The van der Waals surface area contributed by atoms with Gasteiger partial charge in [-0.05, 0) is 49.5 Å². The van der Waals surface area contributed by atoms with Crippen molar-refractivity contribution in [2.45, 2.75) is 20.4 Å². The van der Waals surface area contributed by atoms with E-state index in [4.69, 9.17) is 9.73 Å². The van der Waals surface area contributed by atoms with Crippen LogP contribution in [0.15, 0.2) is 52.4 Å². The summed E-state index contributed by atoms with van der Waals surface area (Å²) in [6.45, 7) is 7.56. The van der Waals surface area contributed by atoms with Gasteiger partial charge < -0.3 is 9.64 Å². The third-order valence-electron chi connectivity index (χ3n) is 4.50. The Balaban J connectivity index is 0.00000280. The van der Waals surface area contributed by atoms with Crippen LogP contribution in [0.1, 0.15) is 13.8 Å². The molecule has 0 fully saturated rings. The molecule has 0 aliphatic heterocycles. The first-order valence-corrected chi connectivity index (χ1v) is 9.87. The van der Waals surface area contributed by atoms with Crippen LogP contribution in [0.5, 0.6) is 5.75 Å². The first kappa shape index (κ1) is 22.1. The molecule has 0 aliphatic carbocycles. The summed E-state index contributed by atoms with van der Waals surface area (Å²) in [5.74, 6) is 0.775. The molecule has 150 valence electrons. The van der Waals surface area contributed by atoms with Crippen LogP contribution in [-0.4, -0.2) is 41.2 Å². The molecule has 0 radical (unpaired) electrons. The van der Waals surface area contributed by atoms with Gasteiger partial charge in [-0.2, -0.15) is 0 Å². The van der Waals surface area contributed by atoms with Crippen molar-refractivity contribution in [2.24, 2.45) is 4.99 Å². The highest BCUT2D eigenvalue weighted by molar-refractivity contribution is 7.15. The number of fused-ring (bicyclic) bond motifs is 1. The summed E-state index contributed by atoms with van der Waals surface area (Å²) >= 11 is 1.43. The predicted molar refractivity (Wildman–Crippen MR) is 117 cm³/mol. The molecule has 8 heteroatoms. The van der Waals surface area contributed by atoms with Crippen molar-refractivity contribution in [1.82, 2.24) is 14.5 Å². The zero-order valence-corrected chi connectivity index (χ0v) is 17.9. The Hall–Kier alpha value is -2.22. The predicted octanol–water partition coefficient (Wildman–Crippen LogP) is 3.46. The minimum absolute atomic E-state index is 0. The average molecular weight is 421 g/mol. The standard InChI is InChI=1S/C20H24N4O2S.ClH/c1-4-23(5-2)13-14-24-19(25)17-7-6-12-21-18(17)27-20(24)22-15-8-10-16(26-3)11-9-15;/h6-12H,4-5,13-14H2,1-3H3;1H/b22-20-;. The number of likely N-dealkylation sites (N-methyl/N-ethyl adjacent to an activating group) is 1. The van der Waals surface area contributed by atoms with E-state index < -0.39 is 0 Å². The van der Waals surface area contributed by atoms with Crippen LogP contribution in [-0.2, 0) is 6.54 Å². The number of benzene rings is 1. The van der Waals surface area contributed by atoms with E-state index in [1.807, 2.05) is 30.3 Å². The van der Waals surface area contributed by atoms with Crippen LogP contribution in [0.4, 0.5) is 5.69 Å². The van der Waals surface area contributed by atoms with Gasteiger partial charge in [0.1, 0.15) is 10.6 Å². The van der Waals surface area contributed by atoms with Gasteiger partial charge in [-0.15, -0.1) is 12.4 Å². The molecule has 2 heterocycles. The summed E-state index contributed by atoms with van der Waals surface area (Å²) in [5, 5.41) is 0.635. The van der Waals surface area contributed by atoms with Gasteiger partial charge in [0.15, 0.2) is 4.80 Å². The van der Waals surface area contributed by atoms with Crippen molar-refractivity contribution in [2.75, 3.05) is 26.7 Å². The van der Waals surface area contributed by atoms with Gasteiger partial charge in [-0.3, -0.25) is 9.36 Å². The summed E-state index contributed by atoms with van der Waals surface area (Å²) in [5.41, 5.74) is 0.731. The summed E-state index contributed by atoms with van der Waals surface area (Å²) in [6, 6.07) is 11.1. The van der Waals surface area contributed by atoms with Crippen LogP contribution < -0.4 is 15.1 Å². The fourth-order valence-corrected chi connectivity index (χ4v) is 3.82. The Morgan fingerprint density at radius 1 is 1.18 bits per heavy atom. The lowest BCUT2D eigenvalue weighted by Crippen LogP contribution is -2.37. The van der Waals surface area contributed by atoms with E-state index in [0.29, 0.717) is 21.6 Å². The van der Waals surface area contributed by atoms with Gasteiger partial charge in [0.25, 0.3) is 5.56 Å². The Labute approximate surface area is 174 Å². The number of hydrogen-bond donors (Lipinski definition) is 0. The van der Waals surface area contributed by atoms with Gasteiger partial charge in [0.05, 0.1) is 18.2 Å². The monoisotopic (exact) mass is 420 g/mol. The molecule has 0 bridgehead atoms. The molecular weight excluding hydrogens is 396 g/mol. The Morgan fingerprint density at radius 3 is 2.54 bits per heavy atom. The summed E-state index contributed by atoms with van der Waals surface area (Å²) in [7, 11) is 1.63. The van der Waals surface area contributed by atoms with E-state index in [1.165, 1.54) is 11.3 Å². The highest BCUT2D eigenvalue weighted by atomic mass is 35.5. The number of methoxy groups -OCH3 is 1. The highest BCUT2D eigenvalue weighted by Gasteiger charge is 2.09. The molecule has 0 saturated carbocycles. The van der Waals surface area contributed by atoms with Crippen LogP contribution in [0, 0.1) is 0 Å². The molecule has 1 aromatic carbocycles. The van der Waals surface area contributed by atoms with Crippen LogP contribution >= 0.6 is 23.7 Å². The van der Waals surface area contributed by atoms with Gasteiger partial charge in [0, 0.05) is 19.3 Å². The summed E-state index contributed by atoms with van der Waals surface area (Å²) < 4.78 is 6.96. The Kier molecular flexibility index (Phi) is 8.17. The fourth-order valence-electron chi connectivity index (χ4n) is 2.84. The minimum atomic E-state index is -0.0451. The van der Waals surface area contributed by atoms with Gasteiger partial charge in [-0.1, -0.05) is 25.2 Å². The lowest BCUT2D eigenvalue weighted by Gasteiger charge is -2.18. The molecule has 0 atom stereocenters. The molecule has 0 spiro atoms. The third-order valence-corrected chi connectivity index (χ3v) is 5.51. The van der Waals surface area contributed by atoms with Crippen molar-refractivity contribution >= 4 is 39.6 Å². The van der Waals surface area contributed by atoms with Gasteiger partial charge >= 0.3 is 0 Å². The van der Waals surface area contributed by atoms with Crippen LogP contribution in [0.2, 0.25) is 0 Å². The SMILES string of the molecule is CCN(CC)CCn1c(=O)c2cccnc2s/c1=N\c1ccc(OC)cc1.Cl. The molecule has 0 saturated heterocycles. The molecule has 2 aromatic heterocycles. The maximum atomic E-state index is 13.1. The first-order valence-electron chi connectivity index (χ1n) is 9.06. The molecule has 28 heavy (non-hydrogen) atoms. The zero-order valence-electron chi connectivity index (χ0n) is 16.3. The smallest absolute Gasteiger partial charge is 0.263 e. The molecule has 3 aromatic rings. The van der Waals surface area contributed by atoms with Crippen molar-refractivity contribution in [3.8, 4) is 5.75 Å². The molecule has 0 aliphatic rings. The zero-order chi connectivity index (χ0) is 19.2. The molecule has 0 N–H and O–H groups in total. The van der Waals surface area contributed by atoms with Crippen molar-refractivity contribution < 1.29 is 4.74 Å². The minimum Gasteiger partial charge on any atom is -0.497 e. The molecule has 0 unspecified atom stereocenters. The van der Waals surface area contributed by atoms with Gasteiger partial charge in [-0.25, -0.2) is 9.98 Å². The van der Waals surface area contributed by atoms with Crippen molar-refractivity contribution in [3.63, 3.8) is 0 Å². The Morgan fingerprint density at radius 2 is 1.89 bits per heavy atom. The van der Waals surface area contributed by atoms with E-state index >= 15 is 0 Å².